The van der Waals surface area contributed by atoms with Crippen LogP contribution < -0.4 is 5.32 Å². The van der Waals surface area contributed by atoms with Gasteiger partial charge in [-0.15, -0.1) is 0 Å². The number of benzene rings is 1. The minimum absolute atomic E-state index is 0.0925. The van der Waals surface area contributed by atoms with E-state index in [1.54, 1.807) is 20.1 Å². The zero-order valence-corrected chi connectivity index (χ0v) is 13.3. The second-order valence-corrected chi connectivity index (χ2v) is 5.24. The van der Waals surface area contributed by atoms with Crippen LogP contribution in [0.2, 0.25) is 0 Å². The van der Waals surface area contributed by atoms with Gasteiger partial charge in [-0.3, -0.25) is 9.59 Å². The smallest absolute Gasteiger partial charge is 0.311 e. The van der Waals surface area contributed by atoms with Gasteiger partial charge in [0.15, 0.2) is 0 Å². The molecule has 0 spiro atoms. The summed E-state index contributed by atoms with van der Waals surface area (Å²) in [4.78, 5) is 23.3. The largest absolute Gasteiger partial charge is 0.481 e. The highest BCUT2D eigenvalue weighted by molar-refractivity contribution is 6.06. The van der Waals surface area contributed by atoms with E-state index in [9.17, 15) is 9.59 Å². The third-order valence-corrected chi connectivity index (χ3v) is 3.56. The summed E-state index contributed by atoms with van der Waals surface area (Å²) >= 11 is 0. The molecule has 0 radical (unpaired) electrons. The van der Waals surface area contributed by atoms with Gasteiger partial charge in [0.1, 0.15) is 12.2 Å². The molecular weight excluding hydrogens is 298 g/mol. The van der Waals surface area contributed by atoms with Gasteiger partial charge in [0.2, 0.25) is 0 Å². The highest BCUT2D eigenvalue weighted by Crippen LogP contribution is 2.22. The number of carboxylic acids is 1. The molecule has 6 heteroatoms. The Morgan fingerprint density at radius 3 is 2.78 bits per heavy atom. The molecule has 0 saturated carbocycles. The molecular formula is C17H19NO5. The molecule has 0 aliphatic heterocycles. The third-order valence-electron chi connectivity index (χ3n) is 3.56. The highest BCUT2D eigenvalue weighted by Gasteiger charge is 2.20. The molecule has 1 unspecified atom stereocenters. The van der Waals surface area contributed by atoms with Crippen molar-refractivity contribution in [1.82, 2.24) is 0 Å². The number of aliphatic carboxylic acids is 1. The van der Waals surface area contributed by atoms with Crippen molar-refractivity contribution in [2.75, 3.05) is 12.4 Å². The van der Waals surface area contributed by atoms with E-state index in [1.165, 1.54) is 6.26 Å². The Hall–Kier alpha value is -2.60. The lowest BCUT2D eigenvalue weighted by Crippen LogP contribution is -2.15. The van der Waals surface area contributed by atoms with Crippen molar-refractivity contribution in [3.8, 4) is 0 Å². The van der Waals surface area contributed by atoms with Crippen LogP contribution in [-0.2, 0) is 16.0 Å². The predicted octanol–water partition coefficient (Wildman–Crippen LogP) is 3.17. The van der Waals surface area contributed by atoms with Gasteiger partial charge in [-0.05, 0) is 31.5 Å². The number of hydrogen-bond acceptors (Lipinski definition) is 4. The molecule has 1 amide bonds. The third kappa shape index (κ3) is 3.98. The number of carboxylic acid groups (broad SMARTS) is 1. The number of nitrogens with one attached hydrogen (secondary N) is 1. The number of amides is 1. The van der Waals surface area contributed by atoms with Crippen LogP contribution in [0, 0.1) is 6.92 Å². The van der Waals surface area contributed by atoms with Crippen LogP contribution in [-0.4, -0.2) is 24.1 Å². The lowest BCUT2D eigenvalue weighted by atomic mass is 10.1. The van der Waals surface area contributed by atoms with E-state index in [2.05, 4.69) is 5.32 Å². The molecule has 6 nitrogen and oxygen atoms in total. The molecule has 2 N–H and O–H groups in total. The van der Waals surface area contributed by atoms with Gasteiger partial charge in [0.05, 0.1) is 17.9 Å². The van der Waals surface area contributed by atoms with Crippen molar-refractivity contribution in [3.05, 3.63) is 53.0 Å². The van der Waals surface area contributed by atoms with Crippen molar-refractivity contribution in [3.63, 3.8) is 0 Å². The summed E-state index contributed by atoms with van der Waals surface area (Å²) < 4.78 is 10.4. The fourth-order valence-corrected chi connectivity index (χ4v) is 2.27. The maximum absolute atomic E-state index is 12.5. The average Bonchev–Trinajstić information content (AvgIpc) is 2.86. The number of methoxy groups -OCH3 is 1. The minimum Gasteiger partial charge on any atom is -0.481 e. The van der Waals surface area contributed by atoms with E-state index in [-0.39, 0.29) is 23.8 Å². The summed E-state index contributed by atoms with van der Waals surface area (Å²) in [5, 5.41) is 11.7. The lowest BCUT2D eigenvalue weighted by Gasteiger charge is -2.12. The summed E-state index contributed by atoms with van der Waals surface area (Å²) in [5.41, 5.74) is 2.40. The molecule has 2 rings (SSSR count). The first-order valence-corrected chi connectivity index (χ1v) is 7.15. The summed E-state index contributed by atoms with van der Waals surface area (Å²) in [7, 11) is 1.61. The van der Waals surface area contributed by atoms with Gasteiger partial charge in [-0.1, -0.05) is 12.1 Å². The lowest BCUT2D eigenvalue weighted by molar-refractivity contribution is -0.136. The van der Waals surface area contributed by atoms with Crippen molar-refractivity contribution < 1.29 is 23.8 Å². The minimum atomic E-state index is -1.05. The zero-order chi connectivity index (χ0) is 17.0. The topological polar surface area (TPSA) is 88.8 Å². The summed E-state index contributed by atoms with van der Waals surface area (Å²) in [6.07, 6.45) is 0.957. The van der Waals surface area contributed by atoms with E-state index in [4.69, 9.17) is 14.3 Å². The molecule has 2 aromatic rings. The van der Waals surface area contributed by atoms with Crippen LogP contribution in [0.5, 0.6) is 0 Å². The Labute approximate surface area is 134 Å². The summed E-state index contributed by atoms with van der Waals surface area (Å²) in [5.74, 6) is -1.30. The van der Waals surface area contributed by atoms with Gasteiger partial charge in [0.25, 0.3) is 5.91 Å². The first-order valence-electron chi connectivity index (χ1n) is 7.15. The van der Waals surface area contributed by atoms with Crippen molar-refractivity contribution in [2.24, 2.45) is 0 Å². The van der Waals surface area contributed by atoms with Gasteiger partial charge in [-0.2, -0.15) is 0 Å². The number of carbonyl (C=O) groups excluding carboxylic acids is 1. The summed E-state index contributed by atoms with van der Waals surface area (Å²) in [6, 6.07) is 7.30. The van der Waals surface area contributed by atoms with Crippen molar-refractivity contribution >= 4 is 17.6 Å². The van der Waals surface area contributed by atoms with Crippen LogP contribution in [0.3, 0.4) is 0 Å². The average molecular weight is 317 g/mol. The number of hydrogen-bond donors (Lipinski definition) is 2. The van der Waals surface area contributed by atoms with Crippen LogP contribution >= 0.6 is 0 Å². The van der Waals surface area contributed by atoms with Gasteiger partial charge in [-0.25, -0.2) is 0 Å². The highest BCUT2D eigenvalue weighted by atomic mass is 16.5. The van der Waals surface area contributed by atoms with Crippen molar-refractivity contribution in [1.29, 1.82) is 0 Å². The molecule has 0 bridgehead atoms. The van der Waals surface area contributed by atoms with Crippen LogP contribution in [0.1, 0.15) is 40.3 Å². The van der Waals surface area contributed by atoms with E-state index >= 15 is 0 Å². The number of carbonyl (C=O) groups is 2. The number of rotatable bonds is 6. The van der Waals surface area contributed by atoms with Crippen molar-refractivity contribution in [2.45, 2.75) is 26.4 Å². The molecule has 122 valence electrons. The Kier molecular flexibility index (Phi) is 5.18. The molecule has 0 aliphatic rings. The molecule has 0 aliphatic carbocycles. The Balaban J connectivity index is 2.23. The molecule has 1 aromatic carbocycles. The molecule has 0 saturated heterocycles. The number of ether oxygens (including phenoxy) is 1. The van der Waals surface area contributed by atoms with Crippen LogP contribution in [0.4, 0.5) is 5.69 Å². The quantitative estimate of drug-likeness (QED) is 0.854. The zero-order valence-electron chi connectivity index (χ0n) is 13.3. The molecule has 0 fully saturated rings. The first kappa shape index (κ1) is 16.8. The molecule has 1 atom stereocenters. The SMILES string of the molecule is COC(C)c1cccc(NC(=O)c2c(C)coc2CC(=O)O)c1. The number of furan rings is 1. The fourth-order valence-electron chi connectivity index (χ4n) is 2.27. The summed E-state index contributed by atoms with van der Waals surface area (Å²) in [6.45, 7) is 3.61. The van der Waals surface area contributed by atoms with Gasteiger partial charge in [0, 0.05) is 18.4 Å². The normalized spacial score (nSPS) is 12.0. The fraction of sp³-hybridized carbons (Fsp3) is 0.294. The second-order valence-electron chi connectivity index (χ2n) is 5.24. The van der Waals surface area contributed by atoms with E-state index in [1.807, 2.05) is 25.1 Å². The Morgan fingerprint density at radius 2 is 2.13 bits per heavy atom. The van der Waals surface area contributed by atoms with E-state index < -0.39 is 11.9 Å². The predicted molar refractivity (Wildman–Crippen MR) is 84.6 cm³/mol. The monoisotopic (exact) mass is 317 g/mol. The molecule has 1 heterocycles. The van der Waals surface area contributed by atoms with Crippen LogP contribution in [0.15, 0.2) is 34.9 Å². The second kappa shape index (κ2) is 7.11. The first-order chi connectivity index (χ1) is 10.9. The van der Waals surface area contributed by atoms with E-state index in [0.717, 1.165) is 5.56 Å². The van der Waals surface area contributed by atoms with Gasteiger partial charge < -0.3 is 19.6 Å². The van der Waals surface area contributed by atoms with E-state index in [0.29, 0.717) is 11.3 Å². The molecule has 23 heavy (non-hydrogen) atoms. The Morgan fingerprint density at radius 1 is 1.39 bits per heavy atom. The maximum atomic E-state index is 12.5. The Bertz CT molecular complexity index is 720. The van der Waals surface area contributed by atoms with Gasteiger partial charge >= 0.3 is 5.97 Å². The maximum Gasteiger partial charge on any atom is 0.311 e. The standard InChI is InChI=1S/C17H19NO5/c1-10-9-23-14(8-15(19)20)16(10)17(21)18-13-6-4-5-12(7-13)11(2)22-3/h4-7,9,11H,8H2,1-3H3,(H,18,21)(H,19,20). The number of anilines is 1. The molecule has 1 aromatic heterocycles. The van der Waals surface area contributed by atoms with Crippen LogP contribution in [0.25, 0.3) is 0 Å². The number of aryl methyl sites for hydroxylation is 1.